The Balaban J connectivity index is 2.54. The molecular weight excluding hydrogens is 357 g/mol. The van der Waals surface area contributed by atoms with E-state index < -0.39 is 11.6 Å². The summed E-state index contributed by atoms with van der Waals surface area (Å²) in [6, 6.07) is 17.4. The predicted octanol–water partition coefficient (Wildman–Crippen LogP) is 2.32. The smallest absolute Gasteiger partial charge is 0.367 e. The molecule has 4 nitrogen and oxygen atoms in total. The van der Waals surface area contributed by atoms with Crippen molar-refractivity contribution >= 4 is 28.8 Å². The van der Waals surface area contributed by atoms with Crippen LogP contribution in [-0.2, 0) is 15.2 Å². The zero-order valence-electron chi connectivity index (χ0n) is 9.92. The zero-order chi connectivity index (χ0) is 13.7. The van der Waals surface area contributed by atoms with Crippen LogP contribution in [0.1, 0.15) is 11.1 Å². The first-order valence-electron chi connectivity index (χ1n) is 5.60. The van der Waals surface area contributed by atoms with Crippen molar-refractivity contribution in [2.75, 3.05) is 0 Å². The molecule has 2 N–H and O–H groups in total. The van der Waals surface area contributed by atoms with E-state index in [1.807, 2.05) is 12.1 Å². The standard InChI is InChI=1S/C14H12INO3/c15-16-19-13(17)14(18,11-7-3-1-4-8-11)12-9-5-2-6-10-12/h1-10,16,18H. The van der Waals surface area contributed by atoms with Crippen molar-refractivity contribution in [3.05, 3.63) is 71.8 Å². The van der Waals surface area contributed by atoms with Crippen LogP contribution >= 0.6 is 22.9 Å². The van der Waals surface area contributed by atoms with Gasteiger partial charge in [0, 0.05) is 0 Å². The molecular formula is C14H12INO3. The molecule has 0 fully saturated rings. The minimum atomic E-state index is -1.83. The molecule has 0 aromatic heterocycles. The molecule has 2 aromatic rings. The van der Waals surface area contributed by atoms with Crippen molar-refractivity contribution in [2.24, 2.45) is 0 Å². The van der Waals surface area contributed by atoms with E-state index in [1.165, 1.54) is 0 Å². The van der Waals surface area contributed by atoms with Gasteiger partial charge < -0.3 is 9.94 Å². The Hall–Kier alpha value is -1.44. The summed E-state index contributed by atoms with van der Waals surface area (Å²) in [4.78, 5) is 16.9. The summed E-state index contributed by atoms with van der Waals surface area (Å²) >= 11 is 1.68. The molecule has 0 unspecified atom stereocenters. The minimum Gasteiger partial charge on any atom is -0.370 e. The van der Waals surface area contributed by atoms with Crippen LogP contribution in [0.25, 0.3) is 0 Å². The van der Waals surface area contributed by atoms with Gasteiger partial charge in [0.1, 0.15) is 0 Å². The van der Waals surface area contributed by atoms with Gasteiger partial charge in [0.25, 0.3) is 0 Å². The topological polar surface area (TPSA) is 58.6 Å². The molecule has 0 radical (unpaired) electrons. The van der Waals surface area contributed by atoms with Gasteiger partial charge >= 0.3 is 5.97 Å². The number of hydrogen-bond donors (Lipinski definition) is 2. The Bertz CT molecular complexity index is 506. The highest BCUT2D eigenvalue weighted by Gasteiger charge is 2.41. The highest BCUT2D eigenvalue weighted by Crippen LogP contribution is 2.30. The fraction of sp³-hybridized carbons (Fsp3) is 0.0714. The van der Waals surface area contributed by atoms with Gasteiger partial charge in [-0.05, 0) is 11.1 Å². The third-order valence-corrected chi connectivity index (χ3v) is 3.03. The van der Waals surface area contributed by atoms with Crippen molar-refractivity contribution in [3.8, 4) is 0 Å². The number of hydrogen-bond acceptors (Lipinski definition) is 4. The lowest BCUT2D eigenvalue weighted by molar-refractivity contribution is -0.164. The van der Waals surface area contributed by atoms with Crippen LogP contribution in [0.15, 0.2) is 60.7 Å². The molecule has 0 atom stereocenters. The molecule has 0 saturated carbocycles. The van der Waals surface area contributed by atoms with Crippen molar-refractivity contribution in [2.45, 2.75) is 5.60 Å². The monoisotopic (exact) mass is 369 g/mol. The lowest BCUT2D eigenvalue weighted by Gasteiger charge is -2.26. The molecule has 0 aliphatic heterocycles. The van der Waals surface area contributed by atoms with Crippen LogP contribution in [0.3, 0.4) is 0 Å². The van der Waals surface area contributed by atoms with Crippen LogP contribution in [0, 0.1) is 0 Å². The normalized spacial score (nSPS) is 11.1. The number of benzene rings is 2. The highest BCUT2D eigenvalue weighted by atomic mass is 127. The van der Waals surface area contributed by atoms with Crippen molar-refractivity contribution in [1.82, 2.24) is 3.69 Å². The summed E-state index contributed by atoms with van der Waals surface area (Å²) in [5.41, 5.74) is -0.920. The Morgan fingerprint density at radius 3 is 1.79 bits per heavy atom. The van der Waals surface area contributed by atoms with Crippen LogP contribution in [0.4, 0.5) is 0 Å². The summed E-state index contributed by atoms with van der Waals surface area (Å²) in [6.07, 6.45) is 0. The number of aliphatic hydroxyl groups is 1. The maximum Gasteiger partial charge on any atom is 0.367 e. The molecule has 0 saturated heterocycles. The Kier molecular flexibility index (Phi) is 4.52. The molecule has 2 rings (SSSR count). The van der Waals surface area contributed by atoms with Crippen LogP contribution in [0.2, 0.25) is 0 Å². The molecule has 98 valence electrons. The van der Waals surface area contributed by atoms with E-state index in [4.69, 9.17) is 4.84 Å². The van der Waals surface area contributed by atoms with Crippen molar-refractivity contribution < 1.29 is 14.7 Å². The Morgan fingerprint density at radius 1 is 1.00 bits per heavy atom. The third-order valence-electron chi connectivity index (χ3n) is 2.81. The predicted molar refractivity (Wildman–Crippen MR) is 79.1 cm³/mol. The van der Waals surface area contributed by atoms with E-state index in [1.54, 1.807) is 71.4 Å². The van der Waals surface area contributed by atoms with E-state index in [-0.39, 0.29) is 0 Å². The maximum absolute atomic E-state index is 12.1. The average Bonchev–Trinajstić information content (AvgIpc) is 2.48. The molecule has 2 aromatic carbocycles. The largest absolute Gasteiger partial charge is 0.370 e. The molecule has 0 spiro atoms. The first kappa shape index (κ1) is 14.0. The molecule has 5 heteroatoms. The van der Waals surface area contributed by atoms with E-state index in [0.29, 0.717) is 11.1 Å². The third kappa shape index (κ3) is 2.78. The second-order valence-corrected chi connectivity index (χ2v) is 4.35. The van der Waals surface area contributed by atoms with Gasteiger partial charge in [-0.25, -0.2) is 4.79 Å². The van der Waals surface area contributed by atoms with E-state index in [0.717, 1.165) is 0 Å². The van der Waals surface area contributed by atoms with Gasteiger partial charge in [0.15, 0.2) is 0 Å². The first-order chi connectivity index (χ1) is 9.19. The maximum atomic E-state index is 12.1. The summed E-state index contributed by atoms with van der Waals surface area (Å²) in [6.45, 7) is 0. The molecule has 0 amide bonds. The quantitative estimate of drug-likeness (QED) is 0.494. The van der Waals surface area contributed by atoms with Crippen LogP contribution < -0.4 is 3.69 Å². The Labute approximate surface area is 124 Å². The summed E-state index contributed by atoms with van der Waals surface area (Å²) < 4.78 is 2.27. The molecule has 19 heavy (non-hydrogen) atoms. The van der Waals surface area contributed by atoms with E-state index in [2.05, 4.69) is 3.69 Å². The lowest BCUT2D eigenvalue weighted by Crippen LogP contribution is -2.39. The SMILES string of the molecule is O=C(ONI)C(O)(c1ccccc1)c1ccccc1. The number of carbonyl (C=O) groups is 1. The molecule has 0 aliphatic carbocycles. The van der Waals surface area contributed by atoms with Crippen LogP contribution in [0.5, 0.6) is 0 Å². The van der Waals surface area contributed by atoms with Gasteiger partial charge in [-0.2, -0.15) is 0 Å². The van der Waals surface area contributed by atoms with Gasteiger partial charge in [-0.3, -0.25) is 0 Å². The molecule has 0 heterocycles. The minimum absolute atomic E-state index is 0.456. The van der Waals surface area contributed by atoms with Gasteiger partial charge in [0.05, 0.1) is 22.9 Å². The summed E-state index contributed by atoms with van der Waals surface area (Å²) in [7, 11) is 0. The van der Waals surface area contributed by atoms with Gasteiger partial charge in [-0.15, -0.1) is 0 Å². The second-order valence-electron chi connectivity index (χ2n) is 3.91. The number of rotatable bonds is 4. The Morgan fingerprint density at radius 2 is 1.42 bits per heavy atom. The number of carbonyl (C=O) groups excluding carboxylic acids is 1. The number of nitrogens with one attached hydrogen (secondary N) is 1. The van der Waals surface area contributed by atoms with Gasteiger partial charge in [-0.1, -0.05) is 64.4 Å². The first-order valence-corrected chi connectivity index (χ1v) is 6.68. The highest BCUT2D eigenvalue weighted by molar-refractivity contribution is 14.1. The lowest BCUT2D eigenvalue weighted by atomic mass is 9.86. The molecule has 0 aliphatic rings. The average molecular weight is 369 g/mol. The molecule has 0 bridgehead atoms. The van der Waals surface area contributed by atoms with E-state index in [9.17, 15) is 9.90 Å². The van der Waals surface area contributed by atoms with E-state index >= 15 is 0 Å². The second kappa shape index (κ2) is 6.14. The fourth-order valence-electron chi connectivity index (χ4n) is 1.87. The fourth-order valence-corrected chi connectivity index (χ4v) is 2.07. The summed E-state index contributed by atoms with van der Waals surface area (Å²) in [5.74, 6) is -0.778. The summed E-state index contributed by atoms with van der Waals surface area (Å²) in [5, 5.41) is 10.8. The van der Waals surface area contributed by atoms with Crippen molar-refractivity contribution in [3.63, 3.8) is 0 Å². The zero-order valence-corrected chi connectivity index (χ0v) is 12.1. The number of halogens is 1. The van der Waals surface area contributed by atoms with Gasteiger partial charge in [0.2, 0.25) is 5.60 Å². The van der Waals surface area contributed by atoms with Crippen LogP contribution in [-0.4, -0.2) is 11.1 Å². The van der Waals surface area contributed by atoms with Crippen molar-refractivity contribution in [1.29, 1.82) is 0 Å².